The molecule has 0 atom stereocenters. The molecule has 320 valence electrons. The molecule has 4 nitrogen and oxygen atoms in total. The zero-order valence-corrected chi connectivity index (χ0v) is 37.4. The first-order valence-corrected chi connectivity index (χ1v) is 23.8. The van der Waals surface area contributed by atoms with Gasteiger partial charge < -0.3 is 4.57 Å². The van der Waals surface area contributed by atoms with Crippen molar-refractivity contribution >= 4 is 21.8 Å². The van der Waals surface area contributed by atoms with E-state index in [4.69, 9.17) is 15.0 Å². The van der Waals surface area contributed by atoms with Crippen molar-refractivity contribution in [2.75, 3.05) is 0 Å². The van der Waals surface area contributed by atoms with Gasteiger partial charge in [-0.25, -0.2) is 15.0 Å². The molecule has 4 heteroatoms. The fourth-order valence-electron chi connectivity index (χ4n) is 12.8. The summed E-state index contributed by atoms with van der Waals surface area (Å²) in [6.07, 6.45) is 0. The van der Waals surface area contributed by atoms with E-state index in [2.05, 4.69) is 229 Å². The molecule has 0 unspecified atom stereocenters. The minimum Gasteiger partial charge on any atom is -0.309 e. The average Bonchev–Trinajstić information content (AvgIpc) is 4.04. The average molecular weight is 877 g/mol. The highest BCUT2D eigenvalue weighted by Gasteiger charge is 2.59. The Morgan fingerprint density at radius 2 is 0.638 bits per heavy atom. The molecule has 0 radical (unpaired) electrons. The van der Waals surface area contributed by atoms with E-state index in [1.165, 1.54) is 83.0 Å². The second-order valence-corrected chi connectivity index (χ2v) is 18.5. The van der Waals surface area contributed by atoms with Crippen LogP contribution >= 0.6 is 0 Å². The summed E-state index contributed by atoms with van der Waals surface area (Å²) in [5.74, 6) is 1.90. The smallest absolute Gasteiger partial charge is 0.164 e. The molecule has 0 fully saturated rings. The van der Waals surface area contributed by atoms with Crippen LogP contribution in [0.1, 0.15) is 44.5 Å². The standard InChI is InChI=1S/C65H40N4/c1-2-19-41(20-3-1)61-66-62(42-37-39-43(40-38-42)69-58-35-16-7-23-46(58)47-24-8-17-36-59(47)69)68-63(67-61)49-26-18-34-57-60(49)48-25-6-11-29-52(48)65(57)55-32-14-12-30-53(55)64(54-31-13-15-33-56(54)65)50-27-9-4-21-44(50)45-22-5-10-28-51(45)64/h1-40H. The van der Waals surface area contributed by atoms with Crippen molar-refractivity contribution in [2.24, 2.45) is 0 Å². The van der Waals surface area contributed by atoms with Gasteiger partial charge in [0.05, 0.1) is 21.9 Å². The van der Waals surface area contributed by atoms with Gasteiger partial charge in [-0.05, 0) is 103 Å². The molecule has 10 aromatic carbocycles. The third-order valence-electron chi connectivity index (χ3n) is 15.4. The van der Waals surface area contributed by atoms with E-state index in [9.17, 15) is 0 Å². The molecule has 0 saturated heterocycles. The first-order chi connectivity index (χ1) is 34.2. The molecule has 3 aliphatic rings. The molecule has 2 aromatic heterocycles. The van der Waals surface area contributed by atoms with E-state index in [1.54, 1.807) is 0 Å². The number of aromatic nitrogens is 4. The first-order valence-electron chi connectivity index (χ1n) is 23.8. The van der Waals surface area contributed by atoms with E-state index < -0.39 is 10.8 Å². The van der Waals surface area contributed by atoms with Crippen LogP contribution in [0, 0.1) is 0 Å². The molecule has 12 aromatic rings. The van der Waals surface area contributed by atoms with Gasteiger partial charge in [0.15, 0.2) is 17.5 Å². The molecule has 0 amide bonds. The van der Waals surface area contributed by atoms with E-state index >= 15 is 0 Å². The molecule has 3 aliphatic carbocycles. The maximum atomic E-state index is 5.44. The third kappa shape index (κ3) is 4.99. The number of fused-ring (bicyclic) bond motifs is 19. The largest absolute Gasteiger partial charge is 0.309 e. The summed E-state index contributed by atoms with van der Waals surface area (Å²) in [7, 11) is 0. The predicted molar refractivity (Wildman–Crippen MR) is 279 cm³/mol. The maximum absolute atomic E-state index is 5.44. The van der Waals surface area contributed by atoms with Gasteiger partial charge in [0.2, 0.25) is 0 Å². The van der Waals surface area contributed by atoms with E-state index in [-0.39, 0.29) is 0 Å². The van der Waals surface area contributed by atoms with Crippen molar-refractivity contribution in [3.05, 3.63) is 287 Å². The summed E-state index contributed by atoms with van der Waals surface area (Å²) < 4.78 is 2.34. The molecule has 0 N–H and O–H groups in total. The van der Waals surface area contributed by atoms with Crippen LogP contribution in [0.5, 0.6) is 0 Å². The zero-order valence-electron chi connectivity index (χ0n) is 37.4. The van der Waals surface area contributed by atoms with Crippen molar-refractivity contribution in [2.45, 2.75) is 10.8 Å². The quantitative estimate of drug-likeness (QED) is 0.177. The third-order valence-corrected chi connectivity index (χ3v) is 15.4. The van der Waals surface area contributed by atoms with Crippen LogP contribution < -0.4 is 0 Å². The Labute approximate surface area is 399 Å². The van der Waals surface area contributed by atoms with Crippen molar-refractivity contribution in [1.29, 1.82) is 0 Å². The molecule has 15 rings (SSSR count). The number of rotatable bonds is 4. The van der Waals surface area contributed by atoms with Crippen LogP contribution in [0.15, 0.2) is 243 Å². The van der Waals surface area contributed by atoms with E-state index in [0.717, 1.165) is 27.9 Å². The predicted octanol–water partition coefficient (Wildman–Crippen LogP) is 15.0. The Bertz CT molecular complexity index is 3940. The monoisotopic (exact) mass is 876 g/mol. The Balaban J connectivity index is 0.961. The molecule has 2 heterocycles. The summed E-state index contributed by atoms with van der Waals surface area (Å²) in [6.45, 7) is 0. The van der Waals surface area contributed by atoms with E-state index in [0.29, 0.717) is 17.5 Å². The minimum absolute atomic E-state index is 0.508. The SMILES string of the molecule is c1ccc(-c2nc(-c3ccc(-n4c5ccccc5c5ccccc54)cc3)nc(-c3cccc4c3-c3ccccc3C43c4ccccc4C4(c5ccccc5-c5ccccc54)c4ccccc43)n2)cc1. The fourth-order valence-corrected chi connectivity index (χ4v) is 12.8. The Morgan fingerprint density at radius 3 is 1.19 bits per heavy atom. The van der Waals surface area contributed by atoms with Crippen LogP contribution in [0.4, 0.5) is 0 Å². The lowest BCUT2D eigenvalue weighted by atomic mass is 9.52. The summed E-state index contributed by atoms with van der Waals surface area (Å²) in [6, 6.07) is 88.7. The normalized spacial score (nSPS) is 14.0. The minimum atomic E-state index is -0.631. The highest BCUT2D eigenvalue weighted by atomic mass is 15.0. The molecular formula is C65H40N4. The lowest BCUT2D eigenvalue weighted by Gasteiger charge is -2.48. The number of nitrogens with zero attached hydrogens (tertiary/aromatic N) is 4. The first kappa shape index (κ1) is 38.1. The molecule has 2 spiro atoms. The van der Waals surface area contributed by atoms with Gasteiger partial charge in [-0.3, -0.25) is 0 Å². The van der Waals surface area contributed by atoms with Gasteiger partial charge >= 0.3 is 0 Å². The molecular weight excluding hydrogens is 837 g/mol. The van der Waals surface area contributed by atoms with Gasteiger partial charge in [0, 0.05) is 33.2 Å². The van der Waals surface area contributed by atoms with Crippen molar-refractivity contribution < 1.29 is 0 Å². The topological polar surface area (TPSA) is 43.6 Å². The van der Waals surface area contributed by atoms with Gasteiger partial charge in [-0.15, -0.1) is 0 Å². The highest BCUT2D eigenvalue weighted by molar-refractivity contribution is 6.09. The molecule has 0 saturated carbocycles. The van der Waals surface area contributed by atoms with Gasteiger partial charge in [-0.2, -0.15) is 0 Å². The molecule has 69 heavy (non-hydrogen) atoms. The Hall–Kier alpha value is -8.99. The van der Waals surface area contributed by atoms with E-state index in [1.807, 2.05) is 18.2 Å². The lowest BCUT2D eigenvalue weighted by Crippen LogP contribution is -2.43. The van der Waals surface area contributed by atoms with Crippen LogP contribution in [0.3, 0.4) is 0 Å². The fraction of sp³-hybridized carbons (Fsp3) is 0.0308. The zero-order chi connectivity index (χ0) is 45.3. The summed E-state index contributed by atoms with van der Waals surface area (Å²) >= 11 is 0. The summed E-state index contributed by atoms with van der Waals surface area (Å²) in [5, 5.41) is 2.47. The van der Waals surface area contributed by atoms with Crippen molar-refractivity contribution in [1.82, 2.24) is 19.5 Å². The van der Waals surface area contributed by atoms with Crippen molar-refractivity contribution in [3.8, 4) is 62.1 Å². The Kier molecular flexibility index (Phi) is 7.88. The second-order valence-electron chi connectivity index (χ2n) is 18.5. The van der Waals surface area contributed by atoms with Crippen molar-refractivity contribution in [3.63, 3.8) is 0 Å². The lowest BCUT2D eigenvalue weighted by molar-refractivity contribution is 0.633. The number of hydrogen-bond acceptors (Lipinski definition) is 3. The molecule has 0 aliphatic heterocycles. The highest BCUT2D eigenvalue weighted by Crippen LogP contribution is 2.68. The number of hydrogen-bond donors (Lipinski definition) is 0. The van der Waals surface area contributed by atoms with Crippen LogP contribution in [-0.2, 0) is 10.8 Å². The Morgan fingerprint density at radius 1 is 0.261 bits per heavy atom. The van der Waals surface area contributed by atoms with Gasteiger partial charge in [-0.1, -0.05) is 206 Å². The number of benzene rings is 10. The van der Waals surface area contributed by atoms with Crippen LogP contribution in [-0.4, -0.2) is 19.5 Å². The van der Waals surface area contributed by atoms with Crippen LogP contribution in [0.25, 0.3) is 83.9 Å². The van der Waals surface area contributed by atoms with Gasteiger partial charge in [0.1, 0.15) is 0 Å². The van der Waals surface area contributed by atoms with Crippen LogP contribution in [0.2, 0.25) is 0 Å². The number of para-hydroxylation sites is 2. The second kappa shape index (κ2) is 14.3. The summed E-state index contributed by atoms with van der Waals surface area (Å²) in [5.41, 5.74) is 20.4. The summed E-state index contributed by atoms with van der Waals surface area (Å²) in [4.78, 5) is 16.0. The van der Waals surface area contributed by atoms with Gasteiger partial charge in [0.25, 0.3) is 0 Å². The molecule has 0 bridgehead atoms. The maximum Gasteiger partial charge on any atom is 0.164 e.